The molecule has 0 saturated carbocycles. The molecular formula is C14H10N2O3. The second-order valence-corrected chi connectivity index (χ2v) is 4.22. The van der Waals surface area contributed by atoms with Gasteiger partial charge >= 0.3 is 5.97 Å². The first-order valence-electron chi connectivity index (χ1n) is 5.69. The Kier molecular flexibility index (Phi) is 2.52. The number of aromatic nitrogens is 2. The molecule has 0 aliphatic heterocycles. The lowest BCUT2D eigenvalue weighted by molar-refractivity contribution is 0.0690. The Morgan fingerprint density at radius 1 is 1.26 bits per heavy atom. The standard InChI is InChI=1S/C14H10N2O3/c1-8-6-19-13-3-2-9(4-10(8)13)11-5-12(14(17)18)16-7-15-11/h2-7H,1H3,(H,17,18). The van der Waals surface area contributed by atoms with Gasteiger partial charge in [-0.05, 0) is 36.8 Å². The van der Waals surface area contributed by atoms with Crippen LogP contribution in [0.25, 0.3) is 22.2 Å². The van der Waals surface area contributed by atoms with Crippen LogP contribution >= 0.6 is 0 Å². The molecule has 0 aliphatic rings. The van der Waals surface area contributed by atoms with Crippen molar-refractivity contribution in [1.82, 2.24) is 9.97 Å². The summed E-state index contributed by atoms with van der Waals surface area (Å²) in [5.41, 5.74) is 3.23. The van der Waals surface area contributed by atoms with Crippen LogP contribution in [0.3, 0.4) is 0 Å². The van der Waals surface area contributed by atoms with Gasteiger partial charge in [0.25, 0.3) is 0 Å². The zero-order valence-electron chi connectivity index (χ0n) is 10.1. The average molecular weight is 254 g/mol. The SMILES string of the molecule is Cc1coc2ccc(-c3cc(C(=O)O)ncn3)cc12. The fourth-order valence-corrected chi connectivity index (χ4v) is 1.95. The van der Waals surface area contributed by atoms with Gasteiger partial charge in [-0.15, -0.1) is 0 Å². The van der Waals surface area contributed by atoms with E-state index in [-0.39, 0.29) is 5.69 Å². The summed E-state index contributed by atoms with van der Waals surface area (Å²) in [6, 6.07) is 7.08. The number of hydrogen-bond donors (Lipinski definition) is 1. The molecule has 0 aliphatic carbocycles. The van der Waals surface area contributed by atoms with E-state index >= 15 is 0 Å². The number of fused-ring (bicyclic) bond motifs is 1. The van der Waals surface area contributed by atoms with Crippen LogP contribution in [0.15, 0.2) is 41.3 Å². The molecule has 0 radical (unpaired) electrons. The highest BCUT2D eigenvalue weighted by Gasteiger charge is 2.09. The third-order valence-electron chi connectivity index (χ3n) is 2.95. The van der Waals surface area contributed by atoms with E-state index in [1.54, 1.807) is 6.26 Å². The highest BCUT2D eigenvalue weighted by molar-refractivity contribution is 5.88. The van der Waals surface area contributed by atoms with Gasteiger partial charge in [-0.1, -0.05) is 0 Å². The van der Waals surface area contributed by atoms with Crippen LogP contribution in [0.2, 0.25) is 0 Å². The first kappa shape index (κ1) is 11.4. The van der Waals surface area contributed by atoms with Crippen molar-refractivity contribution in [3.63, 3.8) is 0 Å². The Morgan fingerprint density at radius 3 is 2.89 bits per heavy atom. The van der Waals surface area contributed by atoms with Gasteiger partial charge in [0, 0.05) is 10.9 Å². The maximum Gasteiger partial charge on any atom is 0.354 e. The topological polar surface area (TPSA) is 76.2 Å². The molecule has 0 saturated heterocycles. The van der Waals surface area contributed by atoms with Crippen LogP contribution in [0, 0.1) is 6.92 Å². The lowest BCUT2D eigenvalue weighted by Crippen LogP contribution is -2.01. The van der Waals surface area contributed by atoms with Crippen LogP contribution in [0.1, 0.15) is 16.1 Å². The number of benzene rings is 1. The molecule has 3 rings (SSSR count). The van der Waals surface area contributed by atoms with Crippen LogP contribution in [0.4, 0.5) is 0 Å². The molecule has 0 bridgehead atoms. The maximum absolute atomic E-state index is 10.9. The van der Waals surface area contributed by atoms with Crippen molar-refractivity contribution < 1.29 is 14.3 Å². The number of aromatic carboxylic acids is 1. The molecule has 0 spiro atoms. The zero-order chi connectivity index (χ0) is 13.4. The molecule has 1 aromatic carbocycles. The normalized spacial score (nSPS) is 10.8. The molecule has 5 heteroatoms. The number of carboxylic acid groups (broad SMARTS) is 1. The van der Waals surface area contributed by atoms with Crippen LogP contribution < -0.4 is 0 Å². The van der Waals surface area contributed by atoms with Gasteiger partial charge in [0.2, 0.25) is 0 Å². The Balaban J connectivity index is 2.15. The first-order chi connectivity index (χ1) is 9.15. The largest absolute Gasteiger partial charge is 0.477 e. The minimum absolute atomic E-state index is 0.0194. The highest BCUT2D eigenvalue weighted by atomic mass is 16.4. The van der Waals surface area contributed by atoms with Crippen molar-refractivity contribution in [2.75, 3.05) is 0 Å². The van der Waals surface area contributed by atoms with Gasteiger partial charge in [0.05, 0.1) is 12.0 Å². The summed E-state index contributed by atoms with van der Waals surface area (Å²) >= 11 is 0. The molecule has 1 N–H and O–H groups in total. The smallest absolute Gasteiger partial charge is 0.354 e. The second kappa shape index (κ2) is 4.20. The molecule has 0 amide bonds. The number of carboxylic acids is 1. The van der Waals surface area contributed by atoms with Crippen molar-refractivity contribution in [3.8, 4) is 11.3 Å². The molecular weight excluding hydrogens is 244 g/mol. The van der Waals surface area contributed by atoms with E-state index in [1.807, 2.05) is 25.1 Å². The van der Waals surface area contributed by atoms with E-state index in [2.05, 4.69) is 9.97 Å². The van der Waals surface area contributed by atoms with Gasteiger partial charge in [0.15, 0.2) is 5.69 Å². The molecule has 0 unspecified atom stereocenters. The first-order valence-corrected chi connectivity index (χ1v) is 5.69. The summed E-state index contributed by atoms with van der Waals surface area (Å²) in [4.78, 5) is 18.7. The fourth-order valence-electron chi connectivity index (χ4n) is 1.95. The molecule has 3 aromatic rings. The molecule has 2 aromatic heterocycles. The Hall–Kier alpha value is -2.69. The summed E-state index contributed by atoms with van der Waals surface area (Å²) in [6.07, 6.45) is 2.95. The number of furan rings is 1. The number of carbonyl (C=O) groups is 1. The van der Waals surface area contributed by atoms with Gasteiger partial charge < -0.3 is 9.52 Å². The van der Waals surface area contributed by atoms with Crippen LogP contribution in [-0.4, -0.2) is 21.0 Å². The maximum atomic E-state index is 10.9. The summed E-state index contributed by atoms with van der Waals surface area (Å²) < 4.78 is 5.37. The quantitative estimate of drug-likeness (QED) is 0.760. The number of hydrogen-bond acceptors (Lipinski definition) is 4. The van der Waals surface area contributed by atoms with Gasteiger partial charge in [-0.25, -0.2) is 14.8 Å². The molecule has 5 nitrogen and oxygen atoms in total. The number of aryl methyl sites for hydroxylation is 1. The van der Waals surface area contributed by atoms with E-state index < -0.39 is 5.97 Å². The summed E-state index contributed by atoms with van der Waals surface area (Å²) in [6.45, 7) is 1.96. The Bertz CT molecular complexity index is 777. The van der Waals surface area contributed by atoms with E-state index in [0.717, 1.165) is 22.1 Å². The van der Waals surface area contributed by atoms with Crippen LogP contribution in [-0.2, 0) is 0 Å². The lowest BCUT2D eigenvalue weighted by atomic mass is 10.1. The van der Waals surface area contributed by atoms with E-state index in [9.17, 15) is 4.79 Å². The highest BCUT2D eigenvalue weighted by Crippen LogP contribution is 2.26. The molecule has 0 fully saturated rings. The van der Waals surface area contributed by atoms with E-state index in [4.69, 9.17) is 9.52 Å². The van der Waals surface area contributed by atoms with Gasteiger partial charge in [-0.3, -0.25) is 0 Å². The average Bonchev–Trinajstić information content (AvgIpc) is 2.80. The zero-order valence-corrected chi connectivity index (χ0v) is 10.1. The Morgan fingerprint density at radius 2 is 2.11 bits per heavy atom. The summed E-state index contributed by atoms with van der Waals surface area (Å²) in [5, 5.41) is 9.93. The van der Waals surface area contributed by atoms with E-state index in [0.29, 0.717) is 5.69 Å². The van der Waals surface area contributed by atoms with Crippen molar-refractivity contribution in [1.29, 1.82) is 0 Å². The fraction of sp³-hybridized carbons (Fsp3) is 0.0714. The van der Waals surface area contributed by atoms with Crippen molar-refractivity contribution in [2.24, 2.45) is 0 Å². The predicted molar refractivity (Wildman–Crippen MR) is 68.9 cm³/mol. The van der Waals surface area contributed by atoms with Crippen molar-refractivity contribution in [3.05, 3.63) is 48.1 Å². The molecule has 94 valence electrons. The summed E-state index contributed by atoms with van der Waals surface area (Å²) in [5.74, 6) is -1.07. The lowest BCUT2D eigenvalue weighted by Gasteiger charge is -2.02. The third kappa shape index (κ3) is 1.95. The van der Waals surface area contributed by atoms with E-state index in [1.165, 1.54) is 12.4 Å². The van der Waals surface area contributed by atoms with Crippen LogP contribution in [0.5, 0.6) is 0 Å². The second-order valence-electron chi connectivity index (χ2n) is 4.22. The minimum atomic E-state index is -1.07. The Labute approximate surface area is 108 Å². The number of rotatable bonds is 2. The number of nitrogens with zero attached hydrogens (tertiary/aromatic N) is 2. The van der Waals surface area contributed by atoms with Crippen molar-refractivity contribution >= 4 is 16.9 Å². The molecule has 2 heterocycles. The van der Waals surface area contributed by atoms with Gasteiger partial charge in [-0.2, -0.15) is 0 Å². The summed E-state index contributed by atoms with van der Waals surface area (Å²) in [7, 11) is 0. The monoisotopic (exact) mass is 254 g/mol. The predicted octanol–water partition coefficient (Wildman–Crippen LogP) is 2.90. The third-order valence-corrected chi connectivity index (χ3v) is 2.95. The minimum Gasteiger partial charge on any atom is -0.477 e. The van der Waals surface area contributed by atoms with Crippen molar-refractivity contribution in [2.45, 2.75) is 6.92 Å². The van der Waals surface area contributed by atoms with Gasteiger partial charge in [0.1, 0.15) is 11.9 Å². The molecule has 19 heavy (non-hydrogen) atoms. The molecule has 0 atom stereocenters.